The number of hydrogen-bond acceptors (Lipinski definition) is 5. The lowest BCUT2D eigenvalue weighted by atomic mass is 10.0. The van der Waals surface area contributed by atoms with E-state index in [1.165, 1.54) is 12.1 Å². The first kappa shape index (κ1) is 18.3. The van der Waals surface area contributed by atoms with Crippen LogP contribution in [0, 0.1) is 0 Å². The fourth-order valence-electron chi connectivity index (χ4n) is 2.48. The summed E-state index contributed by atoms with van der Waals surface area (Å²) >= 11 is 0. The molecule has 0 bridgehead atoms. The van der Waals surface area contributed by atoms with Crippen molar-refractivity contribution in [3.63, 3.8) is 0 Å². The molecule has 2 aromatic rings. The molecule has 25 heavy (non-hydrogen) atoms. The van der Waals surface area contributed by atoms with E-state index >= 15 is 0 Å². The SMILES string of the molecule is CCc1cccc(CC)c1NC(=O)COC(=O)c1ccc(O)cc1O. The molecule has 0 aliphatic heterocycles. The maximum atomic E-state index is 12.1. The Kier molecular flexibility index (Phi) is 6.00. The number of nitrogens with one attached hydrogen (secondary N) is 1. The summed E-state index contributed by atoms with van der Waals surface area (Å²) in [5, 5.41) is 21.7. The quantitative estimate of drug-likeness (QED) is 0.701. The van der Waals surface area contributed by atoms with Crippen molar-refractivity contribution in [3.05, 3.63) is 53.1 Å². The van der Waals surface area contributed by atoms with E-state index in [1.54, 1.807) is 0 Å². The van der Waals surface area contributed by atoms with Gasteiger partial charge in [0, 0.05) is 11.8 Å². The summed E-state index contributed by atoms with van der Waals surface area (Å²) in [6.07, 6.45) is 1.54. The number of hydrogen-bond donors (Lipinski definition) is 3. The molecule has 0 fully saturated rings. The van der Waals surface area contributed by atoms with Crippen molar-refractivity contribution in [3.8, 4) is 11.5 Å². The molecular weight excluding hydrogens is 322 g/mol. The number of para-hydroxylation sites is 1. The first-order valence-corrected chi connectivity index (χ1v) is 8.06. The second kappa shape index (κ2) is 8.19. The van der Waals surface area contributed by atoms with E-state index in [4.69, 9.17) is 4.74 Å². The van der Waals surface area contributed by atoms with Gasteiger partial charge in [-0.1, -0.05) is 32.0 Å². The number of phenolic OH excluding ortho intramolecular Hbond substituents is 2. The number of esters is 1. The van der Waals surface area contributed by atoms with Crippen molar-refractivity contribution >= 4 is 17.6 Å². The number of phenols is 2. The van der Waals surface area contributed by atoms with E-state index in [-0.39, 0.29) is 11.3 Å². The molecule has 0 spiro atoms. The minimum atomic E-state index is -0.841. The van der Waals surface area contributed by atoms with Crippen molar-refractivity contribution in [2.24, 2.45) is 0 Å². The molecular formula is C19H21NO5. The summed E-state index contributed by atoms with van der Waals surface area (Å²) in [6, 6.07) is 9.33. The second-order valence-electron chi connectivity index (χ2n) is 5.48. The maximum Gasteiger partial charge on any atom is 0.342 e. The molecule has 0 aromatic heterocycles. The molecule has 132 valence electrons. The second-order valence-corrected chi connectivity index (χ2v) is 5.48. The van der Waals surface area contributed by atoms with E-state index < -0.39 is 24.2 Å². The Bertz CT molecular complexity index is 763. The number of amides is 1. The Hall–Kier alpha value is -3.02. The van der Waals surface area contributed by atoms with Gasteiger partial charge in [0.25, 0.3) is 5.91 Å². The molecule has 2 aromatic carbocycles. The Morgan fingerprint density at radius 1 is 1.04 bits per heavy atom. The molecule has 0 radical (unpaired) electrons. The average molecular weight is 343 g/mol. The smallest absolute Gasteiger partial charge is 0.342 e. The summed E-state index contributed by atoms with van der Waals surface area (Å²) in [5.41, 5.74) is 2.65. The number of ether oxygens (including phenoxy) is 1. The molecule has 0 aliphatic carbocycles. The number of anilines is 1. The lowest BCUT2D eigenvalue weighted by Crippen LogP contribution is -2.22. The maximum absolute atomic E-state index is 12.1. The number of benzene rings is 2. The molecule has 0 aliphatic rings. The molecule has 0 saturated carbocycles. The van der Waals surface area contributed by atoms with Gasteiger partial charge in [0.15, 0.2) is 6.61 Å². The molecule has 0 saturated heterocycles. The fourth-order valence-corrected chi connectivity index (χ4v) is 2.48. The number of aryl methyl sites for hydroxylation is 2. The first-order valence-electron chi connectivity index (χ1n) is 8.06. The first-order chi connectivity index (χ1) is 12.0. The molecule has 0 atom stereocenters. The van der Waals surface area contributed by atoms with Crippen LogP contribution in [0.5, 0.6) is 11.5 Å². The monoisotopic (exact) mass is 343 g/mol. The van der Waals surface area contributed by atoms with Crippen LogP contribution in [0.1, 0.15) is 35.3 Å². The number of carbonyl (C=O) groups excluding carboxylic acids is 2. The summed E-state index contributed by atoms with van der Waals surface area (Å²) in [6.45, 7) is 3.52. The van der Waals surface area contributed by atoms with Crippen molar-refractivity contribution in [2.75, 3.05) is 11.9 Å². The Morgan fingerprint density at radius 3 is 2.24 bits per heavy atom. The lowest BCUT2D eigenvalue weighted by Gasteiger charge is -2.14. The highest BCUT2D eigenvalue weighted by Crippen LogP contribution is 2.24. The van der Waals surface area contributed by atoms with Gasteiger partial charge in [0.05, 0.1) is 0 Å². The molecule has 0 heterocycles. The topological polar surface area (TPSA) is 95.9 Å². The van der Waals surface area contributed by atoms with Crippen LogP contribution in [0.4, 0.5) is 5.69 Å². The van der Waals surface area contributed by atoms with Crippen molar-refractivity contribution in [1.82, 2.24) is 0 Å². The fraction of sp³-hybridized carbons (Fsp3) is 0.263. The summed E-state index contributed by atoms with van der Waals surface area (Å²) in [7, 11) is 0. The lowest BCUT2D eigenvalue weighted by molar-refractivity contribution is -0.119. The van der Waals surface area contributed by atoms with Gasteiger partial charge < -0.3 is 20.3 Å². The molecule has 1 amide bonds. The zero-order valence-corrected chi connectivity index (χ0v) is 14.2. The van der Waals surface area contributed by atoms with Crippen molar-refractivity contribution < 1.29 is 24.5 Å². The van der Waals surface area contributed by atoms with E-state index in [1.807, 2.05) is 32.0 Å². The highest BCUT2D eigenvalue weighted by molar-refractivity contribution is 5.97. The van der Waals surface area contributed by atoms with Crippen LogP contribution < -0.4 is 5.32 Å². The minimum Gasteiger partial charge on any atom is -0.508 e. The van der Waals surface area contributed by atoms with Gasteiger partial charge in [-0.2, -0.15) is 0 Å². The van der Waals surface area contributed by atoms with Crippen LogP contribution in [-0.2, 0) is 22.4 Å². The summed E-state index contributed by atoms with van der Waals surface area (Å²) in [5.74, 6) is -1.88. The van der Waals surface area contributed by atoms with Crippen molar-refractivity contribution in [2.45, 2.75) is 26.7 Å². The van der Waals surface area contributed by atoms with Crippen LogP contribution >= 0.6 is 0 Å². The predicted molar refractivity (Wildman–Crippen MR) is 93.9 cm³/mol. The van der Waals surface area contributed by atoms with E-state index in [9.17, 15) is 19.8 Å². The highest BCUT2D eigenvalue weighted by Gasteiger charge is 2.16. The van der Waals surface area contributed by atoms with Crippen LogP contribution in [-0.4, -0.2) is 28.7 Å². The van der Waals surface area contributed by atoms with E-state index in [2.05, 4.69) is 5.32 Å². The third kappa shape index (κ3) is 4.50. The highest BCUT2D eigenvalue weighted by atomic mass is 16.5. The predicted octanol–water partition coefficient (Wildman–Crippen LogP) is 3.02. The van der Waals surface area contributed by atoms with Gasteiger partial charge in [0.2, 0.25) is 0 Å². The van der Waals surface area contributed by atoms with Gasteiger partial charge in [-0.15, -0.1) is 0 Å². The molecule has 6 nitrogen and oxygen atoms in total. The molecule has 3 N–H and O–H groups in total. The summed E-state index contributed by atoms with van der Waals surface area (Å²) < 4.78 is 4.94. The van der Waals surface area contributed by atoms with Crippen LogP contribution in [0.15, 0.2) is 36.4 Å². The third-order valence-corrected chi connectivity index (χ3v) is 3.80. The zero-order valence-electron chi connectivity index (χ0n) is 14.2. The van der Waals surface area contributed by atoms with Crippen LogP contribution in [0.3, 0.4) is 0 Å². The average Bonchev–Trinajstić information content (AvgIpc) is 2.59. The van der Waals surface area contributed by atoms with E-state index in [0.717, 1.165) is 35.7 Å². The largest absolute Gasteiger partial charge is 0.508 e. The standard InChI is InChI=1S/C19H21NO5/c1-3-12-6-5-7-13(4-2)18(12)20-17(23)11-25-19(24)15-9-8-14(21)10-16(15)22/h5-10,21-22H,3-4,11H2,1-2H3,(H,20,23). The Morgan fingerprint density at radius 2 is 1.68 bits per heavy atom. The number of carbonyl (C=O) groups is 2. The van der Waals surface area contributed by atoms with Crippen LogP contribution in [0.25, 0.3) is 0 Å². The molecule has 0 unspecified atom stereocenters. The number of rotatable bonds is 6. The van der Waals surface area contributed by atoms with Gasteiger partial charge >= 0.3 is 5.97 Å². The normalized spacial score (nSPS) is 10.3. The van der Waals surface area contributed by atoms with Gasteiger partial charge in [-0.05, 0) is 36.1 Å². The van der Waals surface area contributed by atoms with Gasteiger partial charge in [-0.25, -0.2) is 4.79 Å². The third-order valence-electron chi connectivity index (χ3n) is 3.80. The Balaban J connectivity index is 2.03. The zero-order chi connectivity index (χ0) is 18.4. The minimum absolute atomic E-state index is 0.117. The van der Waals surface area contributed by atoms with E-state index in [0.29, 0.717) is 0 Å². The molecule has 2 rings (SSSR count). The molecule has 6 heteroatoms. The summed E-state index contributed by atoms with van der Waals surface area (Å²) in [4.78, 5) is 24.1. The van der Waals surface area contributed by atoms with Crippen LogP contribution in [0.2, 0.25) is 0 Å². The van der Waals surface area contributed by atoms with Gasteiger partial charge in [0.1, 0.15) is 17.1 Å². The number of aromatic hydroxyl groups is 2. The van der Waals surface area contributed by atoms with Crippen molar-refractivity contribution in [1.29, 1.82) is 0 Å². The Labute approximate surface area is 146 Å². The van der Waals surface area contributed by atoms with Gasteiger partial charge in [-0.3, -0.25) is 4.79 Å².